The van der Waals surface area contributed by atoms with Gasteiger partial charge < -0.3 is 15.8 Å². The van der Waals surface area contributed by atoms with E-state index < -0.39 is 0 Å². The number of hydrogen-bond acceptors (Lipinski definition) is 2. The van der Waals surface area contributed by atoms with E-state index in [0.717, 1.165) is 24.5 Å². The topological polar surface area (TPSA) is 47.3 Å². The fourth-order valence-corrected chi connectivity index (χ4v) is 2.32. The summed E-state index contributed by atoms with van der Waals surface area (Å²) in [5.41, 5.74) is 6.31. The standard InChI is InChI=1S/C17H28N2OS/c1-2-3-4-5-6-7-8-9-14-20-16-12-10-15(11-13-16)19-17(18)21/h10-13H,2-9,14H2,1H3,(H3,18,19,21). The van der Waals surface area contributed by atoms with E-state index in [1.165, 1.54) is 44.9 Å². The molecule has 21 heavy (non-hydrogen) atoms. The Balaban J connectivity index is 2.03. The monoisotopic (exact) mass is 308 g/mol. The Hall–Kier alpha value is -1.29. The first-order valence-electron chi connectivity index (χ1n) is 8.01. The number of nitrogens with one attached hydrogen (secondary N) is 1. The van der Waals surface area contributed by atoms with Crippen LogP contribution in [0.4, 0.5) is 5.69 Å². The maximum atomic E-state index is 5.72. The van der Waals surface area contributed by atoms with Crippen molar-refractivity contribution >= 4 is 23.0 Å². The molecule has 1 aromatic rings. The highest BCUT2D eigenvalue weighted by Crippen LogP contribution is 2.16. The summed E-state index contributed by atoms with van der Waals surface area (Å²) in [6.07, 6.45) is 10.5. The lowest BCUT2D eigenvalue weighted by Gasteiger charge is -2.08. The third-order valence-electron chi connectivity index (χ3n) is 3.39. The van der Waals surface area contributed by atoms with Crippen molar-refractivity contribution in [2.45, 2.75) is 58.3 Å². The first kappa shape index (κ1) is 17.8. The van der Waals surface area contributed by atoms with E-state index in [1.807, 2.05) is 24.3 Å². The quantitative estimate of drug-likeness (QED) is 0.452. The van der Waals surface area contributed by atoms with Crippen LogP contribution >= 0.6 is 12.2 Å². The normalized spacial score (nSPS) is 10.3. The van der Waals surface area contributed by atoms with Gasteiger partial charge in [-0.3, -0.25) is 0 Å². The predicted octanol–water partition coefficient (Wildman–Crippen LogP) is 4.86. The van der Waals surface area contributed by atoms with Crippen molar-refractivity contribution in [1.29, 1.82) is 0 Å². The lowest BCUT2D eigenvalue weighted by Crippen LogP contribution is -2.18. The van der Waals surface area contributed by atoms with Crippen molar-refractivity contribution in [3.05, 3.63) is 24.3 Å². The molecule has 0 heterocycles. The molecular formula is C17H28N2OS. The Morgan fingerprint density at radius 3 is 2.14 bits per heavy atom. The summed E-state index contributed by atoms with van der Waals surface area (Å²) >= 11 is 4.79. The number of rotatable bonds is 11. The van der Waals surface area contributed by atoms with Gasteiger partial charge in [-0.2, -0.15) is 0 Å². The van der Waals surface area contributed by atoms with Crippen LogP contribution in [0, 0.1) is 0 Å². The van der Waals surface area contributed by atoms with E-state index in [-0.39, 0.29) is 5.11 Å². The fraction of sp³-hybridized carbons (Fsp3) is 0.588. The number of ether oxygens (including phenoxy) is 1. The van der Waals surface area contributed by atoms with Crippen LogP contribution in [0.25, 0.3) is 0 Å². The molecule has 3 N–H and O–H groups in total. The zero-order chi connectivity index (χ0) is 15.3. The molecule has 0 aromatic heterocycles. The van der Waals surface area contributed by atoms with Gasteiger partial charge in [-0.05, 0) is 42.9 Å². The van der Waals surface area contributed by atoms with Crippen LogP contribution in [0.1, 0.15) is 58.3 Å². The molecule has 0 saturated carbocycles. The number of unbranched alkanes of at least 4 members (excludes halogenated alkanes) is 7. The number of anilines is 1. The van der Waals surface area contributed by atoms with Crippen LogP contribution < -0.4 is 15.8 Å². The van der Waals surface area contributed by atoms with Gasteiger partial charge in [0.05, 0.1) is 6.61 Å². The highest BCUT2D eigenvalue weighted by atomic mass is 32.1. The molecule has 0 saturated heterocycles. The van der Waals surface area contributed by atoms with Crippen molar-refractivity contribution in [3.63, 3.8) is 0 Å². The summed E-state index contributed by atoms with van der Waals surface area (Å²) in [6.45, 7) is 3.04. The predicted molar refractivity (Wildman–Crippen MR) is 95.0 cm³/mol. The molecule has 0 fully saturated rings. The van der Waals surface area contributed by atoms with E-state index in [4.69, 9.17) is 22.7 Å². The SMILES string of the molecule is CCCCCCCCCCOc1ccc(NC(N)=S)cc1. The van der Waals surface area contributed by atoms with E-state index >= 15 is 0 Å². The number of benzene rings is 1. The van der Waals surface area contributed by atoms with Crippen molar-refractivity contribution < 1.29 is 4.74 Å². The van der Waals surface area contributed by atoms with Crippen molar-refractivity contribution in [3.8, 4) is 5.75 Å². The van der Waals surface area contributed by atoms with Gasteiger partial charge in [0.15, 0.2) is 5.11 Å². The van der Waals surface area contributed by atoms with Gasteiger partial charge in [0, 0.05) is 5.69 Å². The van der Waals surface area contributed by atoms with Crippen molar-refractivity contribution in [2.75, 3.05) is 11.9 Å². The molecule has 0 aliphatic heterocycles. The van der Waals surface area contributed by atoms with Crippen LogP contribution in [0.3, 0.4) is 0 Å². The fourth-order valence-electron chi connectivity index (χ4n) is 2.20. The molecule has 1 rings (SSSR count). The largest absolute Gasteiger partial charge is 0.494 e. The van der Waals surface area contributed by atoms with Gasteiger partial charge in [-0.25, -0.2) is 0 Å². The van der Waals surface area contributed by atoms with Crippen LogP contribution in [0.5, 0.6) is 5.75 Å². The molecule has 0 aliphatic carbocycles. The molecule has 0 radical (unpaired) electrons. The van der Waals surface area contributed by atoms with E-state index in [2.05, 4.69) is 12.2 Å². The Kier molecular flexibility index (Phi) is 9.62. The summed E-state index contributed by atoms with van der Waals surface area (Å²) < 4.78 is 5.72. The second kappa shape index (κ2) is 11.4. The Morgan fingerprint density at radius 2 is 1.57 bits per heavy atom. The third-order valence-corrected chi connectivity index (χ3v) is 3.49. The van der Waals surface area contributed by atoms with Crippen LogP contribution in [-0.4, -0.2) is 11.7 Å². The second-order valence-corrected chi connectivity index (χ2v) is 5.78. The molecule has 0 unspecified atom stereocenters. The highest BCUT2D eigenvalue weighted by molar-refractivity contribution is 7.80. The van der Waals surface area contributed by atoms with Gasteiger partial charge >= 0.3 is 0 Å². The minimum absolute atomic E-state index is 0.280. The lowest BCUT2D eigenvalue weighted by atomic mass is 10.1. The van der Waals surface area contributed by atoms with Gasteiger partial charge in [0.25, 0.3) is 0 Å². The smallest absolute Gasteiger partial charge is 0.168 e. The summed E-state index contributed by atoms with van der Waals surface area (Å²) in [7, 11) is 0. The van der Waals surface area contributed by atoms with Gasteiger partial charge in [0.2, 0.25) is 0 Å². The summed E-state index contributed by atoms with van der Waals surface area (Å²) in [5.74, 6) is 0.895. The first-order chi connectivity index (χ1) is 10.2. The van der Waals surface area contributed by atoms with Crippen LogP contribution in [-0.2, 0) is 0 Å². The maximum absolute atomic E-state index is 5.72. The van der Waals surface area contributed by atoms with Crippen LogP contribution in [0.15, 0.2) is 24.3 Å². The molecule has 0 bridgehead atoms. The van der Waals surface area contributed by atoms with E-state index in [9.17, 15) is 0 Å². The average Bonchev–Trinajstić information content (AvgIpc) is 2.47. The molecule has 1 aromatic carbocycles. The van der Waals surface area contributed by atoms with Gasteiger partial charge in [-0.1, -0.05) is 51.9 Å². The molecule has 0 aliphatic rings. The zero-order valence-corrected chi connectivity index (χ0v) is 13.9. The molecular weight excluding hydrogens is 280 g/mol. The summed E-state index contributed by atoms with van der Waals surface area (Å²) in [4.78, 5) is 0. The van der Waals surface area contributed by atoms with Crippen LogP contribution in [0.2, 0.25) is 0 Å². The first-order valence-corrected chi connectivity index (χ1v) is 8.42. The third kappa shape index (κ3) is 9.29. The van der Waals surface area contributed by atoms with Crippen molar-refractivity contribution in [1.82, 2.24) is 0 Å². The average molecular weight is 308 g/mol. The summed E-state index contributed by atoms with van der Waals surface area (Å²) in [5, 5.41) is 3.17. The molecule has 0 spiro atoms. The molecule has 4 heteroatoms. The Bertz CT molecular complexity index is 392. The van der Waals surface area contributed by atoms with Gasteiger partial charge in [0.1, 0.15) is 5.75 Å². The highest BCUT2D eigenvalue weighted by Gasteiger charge is 1.97. The minimum Gasteiger partial charge on any atom is -0.494 e. The number of hydrogen-bond donors (Lipinski definition) is 2. The number of nitrogens with two attached hydrogens (primary N) is 1. The molecule has 0 amide bonds. The van der Waals surface area contributed by atoms with Gasteiger partial charge in [-0.15, -0.1) is 0 Å². The Labute approximate surface area is 134 Å². The lowest BCUT2D eigenvalue weighted by molar-refractivity contribution is 0.304. The second-order valence-electron chi connectivity index (χ2n) is 5.34. The minimum atomic E-state index is 0.280. The Morgan fingerprint density at radius 1 is 1.00 bits per heavy atom. The van der Waals surface area contributed by atoms with E-state index in [0.29, 0.717) is 0 Å². The molecule has 118 valence electrons. The maximum Gasteiger partial charge on any atom is 0.168 e. The summed E-state index contributed by atoms with van der Waals surface area (Å²) in [6, 6.07) is 7.71. The van der Waals surface area contributed by atoms with E-state index in [1.54, 1.807) is 0 Å². The van der Waals surface area contributed by atoms with Crippen molar-refractivity contribution in [2.24, 2.45) is 5.73 Å². The zero-order valence-electron chi connectivity index (χ0n) is 13.1. The molecule has 3 nitrogen and oxygen atoms in total. The molecule has 0 atom stereocenters. The number of thiocarbonyl (C=S) groups is 1.